The number of hydrogen-bond donors (Lipinski definition) is 1. The van der Waals surface area contributed by atoms with Crippen molar-refractivity contribution in [1.82, 2.24) is 10.2 Å². The van der Waals surface area contributed by atoms with E-state index >= 15 is 0 Å². The fourth-order valence-corrected chi connectivity index (χ4v) is 3.39. The average molecular weight is 282 g/mol. The van der Waals surface area contributed by atoms with Crippen molar-refractivity contribution in [3.8, 4) is 0 Å². The maximum Gasteiger partial charge on any atom is 0.118 e. The standard InChI is InChI=1S/C15H26N2OS/c1-12(2)7-16-8-14-6-15(18-10-14)9-17-4-5-19-11-13(17)3/h6,10,12-13,16H,4-5,7-9,11H2,1-3H3. The van der Waals surface area contributed by atoms with E-state index in [1.54, 1.807) is 0 Å². The molecule has 0 aromatic carbocycles. The van der Waals surface area contributed by atoms with Crippen LogP contribution in [-0.2, 0) is 13.1 Å². The molecule has 2 heterocycles. The normalized spacial score (nSPS) is 21.2. The first-order valence-electron chi connectivity index (χ1n) is 7.24. The molecular formula is C15H26N2OS. The van der Waals surface area contributed by atoms with Gasteiger partial charge in [-0.1, -0.05) is 13.8 Å². The summed E-state index contributed by atoms with van der Waals surface area (Å²) in [5, 5.41) is 3.45. The lowest BCUT2D eigenvalue weighted by molar-refractivity contribution is 0.206. The zero-order valence-corrected chi connectivity index (χ0v) is 13.1. The van der Waals surface area contributed by atoms with Crippen molar-refractivity contribution in [3.05, 3.63) is 23.7 Å². The van der Waals surface area contributed by atoms with Gasteiger partial charge in [0, 0.05) is 36.2 Å². The van der Waals surface area contributed by atoms with E-state index < -0.39 is 0 Å². The van der Waals surface area contributed by atoms with Crippen LogP contribution < -0.4 is 5.32 Å². The highest BCUT2D eigenvalue weighted by Crippen LogP contribution is 2.19. The maximum absolute atomic E-state index is 5.68. The molecule has 0 amide bonds. The largest absolute Gasteiger partial charge is 0.468 e. The van der Waals surface area contributed by atoms with Gasteiger partial charge in [0.15, 0.2) is 0 Å². The molecule has 0 radical (unpaired) electrons. The lowest BCUT2D eigenvalue weighted by Crippen LogP contribution is -2.39. The molecule has 1 atom stereocenters. The first-order chi connectivity index (χ1) is 9.15. The van der Waals surface area contributed by atoms with E-state index in [9.17, 15) is 0 Å². The third-order valence-electron chi connectivity index (χ3n) is 3.45. The van der Waals surface area contributed by atoms with Gasteiger partial charge in [-0.05, 0) is 25.5 Å². The Balaban J connectivity index is 1.79. The Morgan fingerprint density at radius 3 is 3.11 bits per heavy atom. The van der Waals surface area contributed by atoms with Crippen LogP contribution in [0.15, 0.2) is 16.7 Å². The molecule has 1 unspecified atom stereocenters. The second-order valence-corrected chi connectivity index (χ2v) is 6.99. The van der Waals surface area contributed by atoms with Gasteiger partial charge in [-0.2, -0.15) is 11.8 Å². The van der Waals surface area contributed by atoms with Crippen LogP contribution in [0.4, 0.5) is 0 Å². The molecular weight excluding hydrogens is 256 g/mol. The zero-order chi connectivity index (χ0) is 13.7. The van der Waals surface area contributed by atoms with Crippen molar-refractivity contribution in [1.29, 1.82) is 0 Å². The number of nitrogens with one attached hydrogen (secondary N) is 1. The number of furan rings is 1. The molecule has 108 valence electrons. The third-order valence-corrected chi connectivity index (χ3v) is 4.64. The summed E-state index contributed by atoms with van der Waals surface area (Å²) in [4.78, 5) is 2.51. The molecule has 0 bridgehead atoms. The Hall–Kier alpha value is -0.450. The van der Waals surface area contributed by atoms with E-state index in [4.69, 9.17) is 4.42 Å². The molecule has 0 spiro atoms. The summed E-state index contributed by atoms with van der Waals surface area (Å²) in [5.41, 5.74) is 1.26. The van der Waals surface area contributed by atoms with Crippen molar-refractivity contribution < 1.29 is 4.42 Å². The van der Waals surface area contributed by atoms with Gasteiger partial charge in [0.1, 0.15) is 5.76 Å². The molecule has 4 heteroatoms. The molecule has 19 heavy (non-hydrogen) atoms. The Kier molecular flexibility index (Phi) is 5.79. The van der Waals surface area contributed by atoms with E-state index in [1.807, 2.05) is 6.26 Å². The second-order valence-electron chi connectivity index (χ2n) is 5.84. The van der Waals surface area contributed by atoms with E-state index in [0.717, 1.165) is 25.4 Å². The topological polar surface area (TPSA) is 28.4 Å². The molecule has 0 aliphatic carbocycles. The minimum absolute atomic E-state index is 0.659. The lowest BCUT2D eigenvalue weighted by atomic mass is 10.2. The van der Waals surface area contributed by atoms with E-state index in [0.29, 0.717) is 12.0 Å². The molecule has 1 aliphatic rings. The first-order valence-corrected chi connectivity index (χ1v) is 8.39. The van der Waals surface area contributed by atoms with Gasteiger partial charge in [0.2, 0.25) is 0 Å². The highest BCUT2D eigenvalue weighted by atomic mass is 32.2. The van der Waals surface area contributed by atoms with Gasteiger partial charge in [0.05, 0.1) is 12.8 Å². The molecule has 0 saturated carbocycles. The summed E-state index contributed by atoms with van der Waals surface area (Å²) < 4.78 is 5.68. The summed E-state index contributed by atoms with van der Waals surface area (Å²) in [6.45, 7) is 10.8. The maximum atomic E-state index is 5.68. The first kappa shape index (κ1) is 14.9. The Bertz CT molecular complexity index is 378. The molecule has 1 aromatic heterocycles. The van der Waals surface area contributed by atoms with E-state index in [2.05, 4.69) is 48.8 Å². The van der Waals surface area contributed by atoms with Crippen LogP contribution in [0.1, 0.15) is 32.1 Å². The fourth-order valence-electron chi connectivity index (χ4n) is 2.30. The van der Waals surface area contributed by atoms with Crippen LogP contribution >= 0.6 is 11.8 Å². The smallest absolute Gasteiger partial charge is 0.118 e. The Labute approximate surface area is 121 Å². The quantitative estimate of drug-likeness (QED) is 0.868. The van der Waals surface area contributed by atoms with Crippen LogP contribution in [0.5, 0.6) is 0 Å². The average Bonchev–Trinajstić information content (AvgIpc) is 2.79. The van der Waals surface area contributed by atoms with Crippen molar-refractivity contribution in [2.24, 2.45) is 5.92 Å². The minimum Gasteiger partial charge on any atom is -0.468 e. The zero-order valence-electron chi connectivity index (χ0n) is 12.3. The Morgan fingerprint density at radius 1 is 1.53 bits per heavy atom. The van der Waals surface area contributed by atoms with E-state index in [1.165, 1.54) is 23.6 Å². The van der Waals surface area contributed by atoms with Gasteiger partial charge < -0.3 is 9.73 Å². The summed E-state index contributed by atoms with van der Waals surface area (Å²) in [7, 11) is 0. The number of thioether (sulfide) groups is 1. The predicted octanol–water partition coefficient (Wildman–Crippen LogP) is 2.96. The summed E-state index contributed by atoms with van der Waals surface area (Å²) in [5.74, 6) is 4.27. The second kappa shape index (κ2) is 7.36. The van der Waals surface area contributed by atoms with Gasteiger partial charge in [-0.3, -0.25) is 4.90 Å². The van der Waals surface area contributed by atoms with Gasteiger partial charge in [0.25, 0.3) is 0 Å². The monoisotopic (exact) mass is 282 g/mol. The molecule has 1 aliphatic heterocycles. The van der Waals surface area contributed by atoms with Crippen LogP contribution in [0.3, 0.4) is 0 Å². The molecule has 1 N–H and O–H groups in total. The fraction of sp³-hybridized carbons (Fsp3) is 0.733. The molecule has 1 fully saturated rings. The summed E-state index contributed by atoms with van der Waals surface area (Å²) in [6.07, 6.45) is 1.89. The molecule has 1 saturated heterocycles. The van der Waals surface area contributed by atoms with Crippen LogP contribution in [-0.4, -0.2) is 35.5 Å². The third kappa shape index (κ3) is 4.86. The summed E-state index contributed by atoms with van der Waals surface area (Å²) >= 11 is 2.05. The molecule has 1 aromatic rings. The minimum atomic E-state index is 0.659. The number of hydrogen-bond acceptors (Lipinski definition) is 4. The van der Waals surface area contributed by atoms with Crippen molar-refractivity contribution in [2.45, 2.75) is 39.9 Å². The SMILES string of the molecule is CC(C)CNCc1coc(CN2CCSCC2C)c1. The van der Waals surface area contributed by atoms with Crippen molar-refractivity contribution >= 4 is 11.8 Å². The lowest BCUT2D eigenvalue weighted by Gasteiger charge is -2.32. The number of rotatable bonds is 6. The predicted molar refractivity (Wildman–Crippen MR) is 82.4 cm³/mol. The van der Waals surface area contributed by atoms with Crippen molar-refractivity contribution in [3.63, 3.8) is 0 Å². The van der Waals surface area contributed by atoms with Crippen molar-refractivity contribution in [2.75, 3.05) is 24.6 Å². The van der Waals surface area contributed by atoms with Gasteiger partial charge in [-0.15, -0.1) is 0 Å². The Morgan fingerprint density at radius 2 is 2.37 bits per heavy atom. The van der Waals surface area contributed by atoms with Gasteiger partial charge >= 0.3 is 0 Å². The van der Waals surface area contributed by atoms with Crippen LogP contribution in [0.25, 0.3) is 0 Å². The van der Waals surface area contributed by atoms with Crippen LogP contribution in [0.2, 0.25) is 0 Å². The van der Waals surface area contributed by atoms with Gasteiger partial charge in [-0.25, -0.2) is 0 Å². The highest BCUT2D eigenvalue weighted by molar-refractivity contribution is 7.99. The molecule has 3 nitrogen and oxygen atoms in total. The molecule has 2 rings (SSSR count). The van der Waals surface area contributed by atoms with Crippen LogP contribution in [0, 0.1) is 5.92 Å². The number of nitrogens with zero attached hydrogens (tertiary/aromatic N) is 1. The van der Waals surface area contributed by atoms with E-state index in [-0.39, 0.29) is 0 Å². The highest BCUT2D eigenvalue weighted by Gasteiger charge is 2.19. The summed E-state index contributed by atoms with van der Waals surface area (Å²) in [6, 6.07) is 2.85.